The van der Waals surface area contributed by atoms with E-state index in [4.69, 9.17) is 14.2 Å². The molecular weight excluding hydrogens is 613 g/mol. The lowest BCUT2D eigenvalue weighted by atomic mass is 10.0. The molecule has 0 aliphatic carbocycles. The molecule has 2 N–H and O–H groups in total. The van der Waals surface area contributed by atoms with Gasteiger partial charge in [-0.25, -0.2) is 9.97 Å². The second-order valence-corrected chi connectivity index (χ2v) is 10.9. The summed E-state index contributed by atoms with van der Waals surface area (Å²) < 4.78 is 59.6. The largest absolute Gasteiger partial charge is 0.493 e. The Hall–Kier alpha value is -5.59. The maximum absolute atomic E-state index is 14.2. The third-order valence-corrected chi connectivity index (χ3v) is 7.91. The zero-order valence-corrected chi connectivity index (χ0v) is 25.6. The minimum absolute atomic E-state index is 0.0862. The van der Waals surface area contributed by atoms with E-state index in [1.165, 1.54) is 12.1 Å². The van der Waals surface area contributed by atoms with Crippen LogP contribution in [0.3, 0.4) is 0 Å². The zero-order chi connectivity index (χ0) is 33.1. The van der Waals surface area contributed by atoms with Gasteiger partial charge >= 0.3 is 6.18 Å². The smallest absolute Gasteiger partial charge is 0.418 e. The van der Waals surface area contributed by atoms with Gasteiger partial charge in [0.2, 0.25) is 11.9 Å². The minimum Gasteiger partial charge on any atom is -0.493 e. The Morgan fingerprint density at radius 1 is 0.957 bits per heavy atom. The van der Waals surface area contributed by atoms with Gasteiger partial charge in [-0.2, -0.15) is 13.2 Å². The first-order valence-electron chi connectivity index (χ1n) is 14.8. The van der Waals surface area contributed by atoms with Crippen molar-refractivity contribution in [2.24, 2.45) is 0 Å². The number of carbonyl (C=O) groups is 1. The van der Waals surface area contributed by atoms with Crippen LogP contribution >= 0.6 is 0 Å². The van der Waals surface area contributed by atoms with E-state index in [1.807, 2.05) is 0 Å². The van der Waals surface area contributed by atoms with Crippen molar-refractivity contribution < 1.29 is 32.2 Å². The highest BCUT2D eigenvalue weighted by Gasteiger charge is 2.36. The number of rotatable bonds is 9. The van der Waals surface area contributed by atoms with Crippen LogP contribution < -0.4 is 29.7 Å². The van der Waals surface area contributed by atoms with Crippen LogP contribution in [-0.2, 0) is 11.0 Å². The Labute approximate surface area is 268 Å². The van der Waals surface area contributed by atoms with Gasteiger partial charge in [-0.3, -0.25) is 9.78 Å². The standard InChI is InChI=1S/C34H31F3N6O4/c1-4-32(44)40-21-10-13-43(14-11-21)28-8-5-22(16-25(28)34(35,36)37)41-33-39-19-20-15-23(6-7-26(20)42-33)47-29-9-12-38-27-18-31(46-3)30(45-2)17-24(27)29/h4-9,12,15-19,21H,1,10-11,13-14H2,2-3H3,(H,40,44)(H,39,41,42). The molecule has 6 rings (SSSR count). The number of fused-ring (bicyclic) bond motifs is 2. The van der Waals surface area contributed by atoms with Crippen LogP contribution in [0.4, 0.5) is 30.5 Å². The molecule has 1 fully saturated rings. The average molecular weight is 645 g/mol. The normalized spacial score (nSPS) is 13.8. The lowest BCUT2D eigenvalue weighted by molar-refractivity contribution is -0.137. The fourth-order valence-corrected chi connectivity index (χ4v) is 5.57. The summed E-state index contributed by atoms with van der Waals surface area (Å²) in [5.41, 5.74) is 0.756. The number of nitrogens with zero attached hydrogens (tertiary/aromatic N) is 4. The Morgan fingerprint density at radius 2 is 1.72 bits per heavy atom. The predicted molar refractivity (Wildman–Crippen MR) is 173 cm³/mol. The van der Waals surface area contributed by atoms with E-state index in [0.29, 0.717) is 65.3 Å². The van der Waals surface area contributed by atoms with E-state index < -0.39 is 11.7 Å². The van der Waals surface area contributed by atoms with Crippen LogP contribution in [0, 0.1) is 0 Å². The average Bonchev–Trinajstić information content (AvgIpc) is 3.07. The van der Waals surface area contributed by atoms with Gasteiger partial charge in [0.25, 0.3) is 0 Å². The van der Waals surface area contributed by atoms with E-state index in [9.17, 15) is 18.0 Å². The number of amides is 1. The lowest BCUT2D eigenvalue weighted by Crippen LogP contribution is -2.44. The van der Waals surface area contributed by atoms with Crippen molar-refractivity contribution >= 4 is 45.0 Å². The number of piperidine rings is 1. The van der Waals surface area contributed by atoms with Crippen LogP contribution in [0.1, 0.15) is 18.4 Å². The van der Waals surface area contributed by atoms with Gasteiger partial charge in [-0.1, -0.05) is 6.58 Å². The molecule has 1 aliphatic heterocycles. The van der Waals surface area contributed by atoms with Crippen molar-refractivity contribution in [1.29, 1.82) is 0 Å². The SMILES string of the molecule is C=CC(=O)NC1CCN(c2ccc(Nc3ncc4cc(Oc5ccnc6cc(OC)c(OC)cc56)ccc4n3)cc2C(F)(F)F)CC1. The van der Waals surface area contributed by atoms with Crippen LogP contribution in [0.25, 0.3) is 21.8 Å². The van der Waals surface area contributed by atoms with Gasteiger partial charge in [-0.15, -0.1) is 0 Å². The maximum atomic E-state index is 14.2. The molecule has 2 aromatic heterocycles. The van der Waals surface area contributed by atoms with Crippen molar-refractivity contribution in [3.8, 4) is 23.0 Å². The number of benzene rings is 3. The van der Waals surface area contributed by atoms with E-state index in [1.54, 1.807) is 74.0 Å². The summed E-state index contributed by atoms with van der Waals surface area (Å²) in [6.45, 7) is 4.18. The second-order valence-electron chi connectivity index (χ2n) is 10.9. The maximum Gasteiger partial charge on any atom is 0.418 e. The van der Waals surface area contributed by atoms with Gasteiger partial charge in [0.15, 0.2) is 11.5 Å². The lowest BCUT2D eigenvalue weighted by Gasteiger charge is -2.35. The third-order valence-electron chi connectivity index (χ3n) is 7.91. The number of alkyl halides is 3. The molecule has 3 aromatic carbocycles. The summed E-state index contributed by atoms with van der Waals surface area (Å²) in [5, 5.41) is 7.12. The fourth-order valence-electron chi connectivity index (χ4n) is 5.57. The number of anilines is 3. The van der Waals surface area contributed by atoms with E-state index in [2.05, 4.69) is 32.2 Å². The van der Waals surface area contributed by atoms with Gasteiger partial charge in [-0.05, 0) is 67.4 Å². The molecule has 13 heteroatoms. The summed E-state index contributed by atoms with van der Waals surface area (Å²) in [5.74, 6) is 2.03. The number of carbonyl (C=O) groups excluding carboxylic acids is 1. The molecule has 0 spiro atoms. The first kappa shape index (κ1) is 31.4. The topological polar surface area (TPSA) is 111 Å². The van der Waals surface area contributed by atoms with E-state index in [0.717, 1.165) is 11.5 Å². The minimum atomic E-state index is -4.58. The molecule has 0 bridgehead atoms. The Morgan fingerprint density at radius 3 is 2.45 bits per heavy atom. The molecule has 10 nitrogen and oxygen atoms in total. The van der Waals surface area contributed by atoms with Crippen molar-refractivity contribution in [3.05, 3.63) is 85.2 Å². The third kappa shape index (κ3) is 6.83. The van der Waals surface area contributed by atoms with Gasteiger partial charge in [0, 0.05) is 59.7 Å². The molecule has 0 atom stereocenters. The highest BCUT2D eigenvalue weighted by Crippen LogP contribution is 2.40. The number of nitrogens with one attached hydrogen (secondary N) is 2. The van der Waals surface area contributed by atoms with E-state index in [-0.39, 0.29) is 29.3 Å². The number of pyridine rings is 1. The molecule has 1 amide bonds. The number of hydrogen-bond acceptors (Lipinski definition) is 9. The van der Waals surface area contributed by atoms with Gasteiger partial charge in [0.05, 0.1) is 30.8 Å². The molecule has 1 aliphatic rings. The molecule has 3 heterocycles. The number of ether oxygens (including phenoxy) is 3. The Kier molecular flexibility index (Phi) is 8.70. The van der Waals surface area contributed by atoms with Gasteiger partial charge in [0.1, 0.15) is 11.5 Å². The highest BCUT2D eigenvalue weighted by molar-refractivity contribution is 5.89. The first-order chi connectivity index (χ1) is 22.6. The zero-order valence-electron chi connectivity index (χ0n) is 25.6. The number of methoxy groups -OCH3 is 2. The fraction of sp³-hybridized carbons (Fsp3) is 0.235. The summed E-state index contributed by atoms with van der Waals surface area (Å²) in [6, 6.07) is 14.6. The number of hydrogen-bond donors (Lipinski definition) is 2. The predicted octanol–water partition coefficient (Wildman–Crippen LogP) is 7.02. The quantitative estimate of drug-likeness (QED) is 0.164. The van der Waals surface area contributed by atoms with Crippen LogP contribution in [0.2, 0.25) is 0 Å². The Balaban J connectivity index is 1.19. The second kappa shape index (κ2) is 13.0. The van der Waals surface area contributed by atoms with Gasteiger partial charge < -0.3 is 29.7 Å². The van der Waals surface area contributed by atoms with Crippen LogP contribution in [0.5, 0.6) is 23.0 Å². The molecule has 242 valence electrons. The molecule has 0 radical (unpaired) electrons. The molecule has 1 saturated heterocycles. The van der Waals surface area contributed by atoms with Crippen LogP contribution in [-0.4, -0.2) is 54.2 Å². The number of halogens is 3. The monoisotopic (exact) mass is 644 g/mol. The van der Waals surface area contributed by atoms with Crippen molar-refractivity contribution in [3.63, 3.8) is 0 Å². The first-order valence-corrected chi connectivity index (χ1v) is 14.8. The van der Waals surface area contributed by atoms with E-state index >= 15 is 0 Å². The number of aromatic nitrogens is 3. The molecular formula is C34H31F3N6O4. The highest BCUT2D eigenvalue weighted by atomic mass is 19.4. The molecule has 47 heavy (non-hydrogen) atoms. The van der Waals surface area contributed by atoms with Crippen LogP contribution in [0.15, 0.2) is 79.6 Å². The molecule has 0 saturated carbocycles. The van der Waals surface area contributed by atoms with Crippen molar-refractivity contribution in [2.75, 3.05) is 37.5 Å². The Bertz CT molecular complexity index is 1960. The summed E-state index contributed by atoms with van der Waals surface area (Å²) in [7, 11) is 3.11. The summed E-state index contributed by atoms with van der Waals surface area (Å²) >= 11 is 0. The molecule has 0 unspecified atom stereocenters. The summed E-state index contributed by atoms with van der Waals surface area (Å²) in [4.78, 5) is 26.5. The molecule has 5 aromatic rings. The van der Waals surface area contributed by atoms with Crippen molar-refractivity contribution in [1.82, 2.24) is 20.3 Å². The summed E-state index contributed by atoms with van der Waals surface area (Å²) in [6.07, 6.45) is 0.863. The van der Waals surface area contributed by atoms with Crippen molar-refractivity contribution in [2.45, 2.75) is 25.1 Å².